The summed E-state index contributed by atoms with van der Waals surface area (Å²) in [6.07, 6.45) is 5.80. The molecule has 0 bridgehead atoms. The first-order valence-electron chi connectivity index (χ1n) is 6.73. The van der Waals surface area contributed by atoms with Crippen molar-refractivity contribution < 1.29 is 4.79 Å². The zero-order valence-corrected chi connectivity index (χ0v) is 11.1. The van der Waals surface area contributed by atoms with Crippen LogP contribution in [0.4, 0.5) is 5.69 Å². The van der Waals surface area contributed by atoms with Gasteiger partial charge in [0.05, 0.1) is 11.4 Å². The molecule has 1 amide bonds. The van der Waals surface area contributed by atoms with E-state index in [2.05, 4.69) is 22.4 Å². The number of carbonyl (C=O) groups is 1. The molecule has 4 N–H and O–H groups in total. The number of aryl methyl sites for hydroxylation is 1. The molecule has 5 nitrogen and oxygen atoms in total. The summed E-state index contributed by atoms with van der Waals surface area (Å²) < 4.78 is 0. The van der Waals surface area contributed by atoms with Crippen LogP contribution in [0.15, 0.2) is 0 Å². The number of aromatic nitrogens is 2. The van der Waals surface area contributed by atoms with E-state index < -0.39 is 0 Å². The van der Waals surface area contributed by atoms with Crippen LogP contribution in [0, 0.1) is 12.8 Å². The second-order valence-electron chi connectivity index (χ2n) is 5.22. The molecule has 100 valence electrons. The Morgan fingerprint density at radius 3 is 2.94 bits per heavy atom. The number of aromatic amines is 1. The van der Waals surface area contributed by atoms with Gasteiger partial charge in [0.25, 0.3) is 5.91 Å². The van der Waals surface area contributed by atoms with Gasteiger partial charge in [-0.3, -0.25) is 9.89 Å². The van der Waals surface area contributed by atoms with E-state index in [9.17, 15) is 4.79 Å². The summed E-state index contributed by atoms with van der Waals surface area (Å²) in [6.45, 7) is 4.02. The highest BCUT2D eigenvalue weighted by molar-refractivity contribution is 5.97. The van der Waals surface area contributed by atoms with E-state index in [1.807, 2.05) is 6.92 Å². The summed E-state index contributed by atoms with van der Waals surface area (Å²) in [5.74, 6) is 0.584. The molecule has 2 unspecified atom stereocenters. The average Bonchev–Trinajstić information content (AvgIpc) is 2.70. The molecule has 1 heterocycles. The van der Waals surface area contributed by atoms with E-state index in [0.717, 1.165) is 24.5 Å². The van der Waals surface area contributed by atoms with Gasteiger partial charge in [0.1, 0.15) is 0 Å². The van der Waals surface area contributed by atoms with Crippen molar-refractivity contribution in [1.29, 1.82) is 0 Å². The first kappa shape index (κ1) is 12.9. The average molecular weight is 250 g/mol. The van der Waals surface area contributed by atoms with E-state index in [1.54, 1.807) is 0 Å². The predicted molar refractivity (Wildman–Crippen MR) is 71.2 cm³/mol. The topological polar surface area (TPSA) is 83.8 Å². The minimum absolute atomic E-state index is 0.154. The predicted octanol–water partition coefficient (Wildman–Crippen LogP) is 2.00. The lowest BCUT2D eigenvalue weighted by molar-refractivity contribution is 0.0915. The molecule has 0 aromatic carbocycles. The summed E-state index contributed by atoms with van der Waals surface area (Å²) in [5.41, 5.74) is 7.33. The second-order valence-corrected chi connectivity index (χ2v) is 5.22. The highest BCUT2D eigenvalue weighted by atomic mass is 16.2. The molecule has 0 aliphatic heterocycles. The fraction of sp³-hybridized carbons (Fsp3) is 0.692. The normalized spacial score (nSPS) is 23.9. The van der Waals surface area contributed by atoms with Crippen molar-refractivity contribution in [2.24, 2.45) is 5.92 Å². The van der Waals surface area contributed by atoms with Crippen LogP contribution in [0.1, 0.15) is 55.2 Å². The third kappa shape index (κ3) is 2.66. The van der Waals surface area contributed by atoms with Gasteiger partial charge in [-0.15, -0.1) is 0 Å². The molecule has 0 saturated heterocycles. The molecule has 1 aromatic heterocycles. The largest absolute Gasteiger partial charge is 0.395 e. The molecule has 2 rings (SSSR count). The van der Waals surface area contributed by atoms with Crippen LogP contribution in [0.5, 0.6) is 0 Å². The van der Waals surface area contributed by atoms with Crippen LogP contribution in [-0.4, -0.2) is 22.1 Å². The summed E-state index contributed by atoms with van der Waals surface area (Å²) >= 11 is 0. The Labute approximate surface area is 108 Å². The van der Waals surface area contributed by atoms with Gasteiger partial charge in [0.15, 0.2) is 5.69 Å². The van der Waals surface area contributed by atoms with Gasteiger partial charge in [0.2, 0.25) is 0 Å². The zero-order valence-electron chi connectivity index (χ0n) is 11.1. The number of nitrogens with zero attached hydrogens (tertiary/aromatic N) is 1. The van der Waals surface area contributed by atoms with Crippen molar-refractivity contribution >= 4 is 11.6 Å². The minimum atomic E-state index is -0.154. The number of carbonyl (C=O) groups excluding carboxylic acids is 1. The number of hydrogen-bond donors (Lipinski definition) is 3. The molecule has 1 aliphatic rings. The Morgan fingerprint density at radius 1 is 1.56 bits per heavy atom. The molecular formula is C13H22N4O. The standard InChI is InChI=1S/C13H22N4O/c1-3-9-5-4-6-10(7-9)15-13(18)12-11(14)8(2)16-17-12/h9-10H,3-7,14H2,1-2H3,(H,15,18)(H,16,17). The Morgan fingerprint density at radius 2 is 2.33 bits per heavy atom. The molecule has 0 spiro atoms. The molecule has 1 saturated carbocycles. The number of rotatable bonds is 3. The van der Waals surface area contributed by atoms with Crippen LogP contribution < -0.4 is 11.1 Å². The van der Waals surface area contributed by atoms with Gasteiger partial charge in [-0.2, -0.15) is 5.10 Å². The third-order valence-corrected chi connectivity index (χ3v) is 3.90. The molecule has 1 aromatic rings. The van der Waals surface area contributed by atoms with E-state index in [-0.39, 0.29) is 11.9 Å². The number of nitrogens with two attached hydrogens (primary N) is 1. The van der Waals surface area contributed by atoms with Crippen LogP contribution in [0.25, 0.3) is 0 Å². The van der Waals surface area contributed by atoms with Gasteiger partial charge in [0, 0.05) is 6.04 Å². The van der Waals surface area contributed by atoms with Gasteiger partial charge >= 0.3 is 0 Å². The van der Waals surface area contributed by atoms with Crippen molar-refractivity contribution in [1.82, 2.24) is 15.5 Å². The molecule has 0 radical (unpaired) electrons. The van der Waals surface area contributed by atoms with Crippen LogP contribution in [0.2, 0.25) is 0 Å². The minimum Gasteiger partial charge on any atom is -0.395 e. The molecule has 1 fully saturated rings. The van der Waals surface area contributed by atoms with Gasteiger partial charge in [-0.1, -0.05) is 26.2 Å². The number of amides is 1. The zero-order chi connectivity index (χ0) is 13.1. The summed E-state index contributed by atoms with van der Waals surface area (Å²) in [4.78, 5) is 12.1. The smallest absolute Gasteiger partial charge is 0.274 e. The van der Waals surface area contributed by atoms with E-state index in [4.69, 9.17) is 5.73 Å². The summed E-state index contributed by atoms with van der Waals surface area (Å²) in [5, 5.41) is 9.75. The Balaban J connectivity index is 1.97. The number of anilines is 1. The fourth-order valence-corrected chi connectivity index (χ4v) is 2.66. The van der Waals surface area contributed by atoms with Gasteiger partial charge in [-0.05, 0) is 25.7 Å². The Bertz CT molecular complexity index is 427. The number of nitrogens with one attached hydrogen (secondary N) is 2. The molecule has 18 heavy (non-hydrogen) atoms. The molecule has 1 aliphatic carbocycles. The Hall–Kier alpha value is -1.52. The lowest BCUT2D eigenvalue weighted by Gasteiger charge is -2.28. The van der Waals surface area contributed by atoms with E-state index in [1.165, 1.54) is 19.3 Å². The quantitative estimate of drug-likeness (QED) is 0.767. The van der Waals surface area contributed by atoms with E-state index in [0.29, 0.717) is 11.4 Å². The first-order chi connectivity index (χ1) is 8.61. The van der Waals surface area contributed by atoms with Crippen molar-refractivity contribution in [3.8, 4) is 0 Å². The molecule has 5 heteroatoms. The third-order valence-electron chi connectivity index (χ3n) is 3.90. The van der Waals surface area contributed by atoms with Crippen LogP contribution in [0.3, 0.4) is 0 Å². The number of hydrogen-bond acceptors (Lipinski definition) is 3. The van der Waals surface area contributed by atoms with Crippen molar-refractivity contribution in [3.05, 3.63) is 11.4 Å². The monoisotopic (exact) mass is 250 g/mol. The molecular weight excluding hydrogens is 228 g/mol. The highest BCUT2D eigenvalue weighted by Gasteiger charge is 2.24. The Kier molecular flexibility index (Phi) is 3.89. The fourth-order valence-electron chi connectivity index (χ4n) is 2.66. The SMILES string of the molecule is CCC1CCCC(NC(=O)c2n[nH]c(C)c2N)C1. The van der Waals surface area contributed by atoms with E-state index >= 15 is 0 Å². The highest BCUT2D eigenvalue weighted by Crippen LogP contribution is 2.26. The lowest BCUT2D eigenvalue weighted by Crippen LogP contribution is -2.38. The summed E-state index contributed by atoms with van der Waals surface area (Å²) in [7, 11) is 0. The second kappa shape index (κ2) is 5.42. The molecule has 2 atom stereocenters. The first-order valence-corrected chi connectivity index (χ1v) is 6.73. The maximum atomic E-state index is 12.1. The van der Waals surface area contributed by atoms with Crippen LogP contribution in [-0.2, 0) is 0 Å². The number of nitrogen functional groups attached to an aromatic ring is 1. The lowest BCUT2D eigenvalue weighted by atomic mass is 9.84. The van der Waals surface area contributed by atoms with Crippen molar-refractivity contribution in [3.63, 3.8) is 0 Å². The summed E-state index contributed by atoms with van der Waals surface area (Å²) in [6, 6.07) is 0.271. The van der Waals surface area contributed by atoms with Crippen molar-refractivity contribution in [2.75, 3.05) is 5.73 Å². The van der Waals surface area contributed by atoms with Crippen LogP contribution >= 0.6 is 0 Å². The van der Waals surface area contributed by atoms with Crippen molar-refractivity contribution in [2.45, 2.75) is 52.0 Å². The van der Waals surface area contributed by atoms with Gasteiger partial charge in [-0.25, -0.2) is 0 Å². The van der Waals surface area contributed by atoms with Gasteiger partial charge < -0.3 is 11.1 Å². The maximum absolute atomic E-state index is 12.1. The number of H-pyrrole nitrogens is 1. The maximum Gasteiger partial charge on any atom is 0.274 e.